The third kappa shape index (κ3) is 6.91. The van der Waals surface area contributed by atoms with Crippen LogP contribution in [0.1, 0.15) is 32.6 Å². The van der Waals surface area contributed by atoms with Gasteiger partial charge in [-0.25, -0.2) is 4.79 Å². The molecule has 0 spiro atoms. The van der Waals surface area contributed by atoms with Gasteiger partial charge in [0.25, 0.3) is 0 Å². The van der Waals surface area contributed by atoms with Gasteiger partial charge in [-0.3, -0.25) is 0 Å². The molecule has 1 aliphatic heterocycles. The number of carbonyl (C=O) groups is 1. The summed E-state index contributed by atoms with van der Waals surface area (Å²) in [7, 11) is -0.161. The highest BCUT2D eigenvalue weighted by Gasteiger charge is 2.13. The first-order valence-corrected chi connectivity index (χ1v) is 9.92. The van der Waals surface area contributed by atoms with E-state index in [0.717, 1.165) is 18.8 Å². The average Bonchev–Trinajstić information content (AvgIpc) is 2.34. The van der Waals surface area contributed by atoms with Gasteiger partial charge in [0.15, 0.2) is 0 Å². The summed E-state index contributed by atoms with van der Waals surface area (Å²) in [5, 5.41) is 0. The van der Waals surface area contributed by atoms with Crippen LogP contribution in [0.4, 0.5) is 0 Å². The molecule has 17 heavy (non-hydrogen) atoms. The van der Waals surface area contributed by atoms with E-state index in [0.29, 0.717) is 17.9 Å². The second kappa shape index (κ2) is 8.77. The number of ether oxygens (including phenoxy) is 2. The van der Waals surface area contributed by atoms with E-state index in [-0.39, 0.29) is 14.6 Å². The van der Waals surface area contributed by atoms with Crippen molar-refractivity contribution in [3.63, 3.8) is 0 Å². The molecule has 3 nitrogen and oxygen atoms in total. The van der Waals surface area contributed by atoms with Crippen LogP contribution in [0.3, 0.4) is 0 Å². The molecule has 0 bridgehead atoms. The van der Waals surface area contributed by atoms with E-state index in [1.165, 1.54) is 19.3 Å². The summed E-state index contributed by atoms with van der Waals surface area (Å²) < 4.78 is 10.7. The topological polar surface area (TPSA) is 35.5 Å². The van der Waals surface area contributed by atoms with Gasteiger partial charge in [0.1, 0.15) is 8.67 Å². The average molecular weight is 274 g/mol. The Morgan fingerprint density at radius 1 is 1.59 bits per heavy atom. The van der Waals surface area contributed by atoms with Crippen molar-refractivity contribution in [3.05, 3.63) is 12.2 Å². The molecule has 0 aromatic heterocycles. The van der Waals surface area contributed by atoms with Crippen LogP contribution in [0, 0.1) is 0 Å². The Morgan fingerprint density at radius 2 is 2.41 bits per heavy atom. The summed E-state index contributed by atoms with van der Waals surface area (Å²) in [6, 6.07) is 0. The van der Waals surface area contributed by atoms with E-state index in [9.17, 15) is 4.79 Å². The summed E-state index contributed by atoms with van der Waals surface area (Å²) in [5.74, 6) is 0.804. The predicted molar refractivity (Wildman–Crippen MR) is 75.0 cm³/mol. The monoisotopic (exact) mass is 274 g/mol. The fourth-order valence-corrected chi connectivity index (χ4v) is 5.76. The summed E-state index contributed by atoms with van der Waals surface area (Å²) >= 11 is 2.02. The van der Waals surface area contributed by atoms with E-state index in [1.54, 1.807) is 6.92 Å². The van der Waals surface area contributed by atoms with Crippen molar-refractivity contribution in [3.8, 4) is 0 Å². The Labute approximate surface area is 110 Å². The maximum absolute atomic E-state index is 11.1. The molecule has 0 radical (unpaired) electrons. The number of hydrogen-bond acceptors (Lipinski definition) is 4. The molecule has 1 atom stereocenters. The zero-order chi connectivity index (χ0) is 12.5. The largest absolute Gasteiger partial charge is 0.462 e. The number of esters is 1. The van der Waals surface area contributed by atoms with E-state index in [2.05, 4.69) is 6.58 Å². The van der Waals surface area contributed by atoms with Crippen LogP contribution >= 0.6 is 11.2 Å². The van der Waals surface area contributed by atoms with Gasteiger partial charge in [-0.15, -0.1) is 0 Å². The van der Waals surface area contributed by atoms with Crippen molar-refractivity contribution in [2.24, 2.45) is 0 Å². The molecule has 98 valence electrons. The summed E-state index contributed by atoms with van der Waals surface area (Å²) in [5.41, 5.74) is 1.05. The molecule has 1 fully saturated rings. The molecule has 0 aromatic carbocycles. The summed E-state index contributed by atoms with van der Waals surface area (Å²) in [6.45, 7) is 6.68. The molecule has 5 heteroatoms. The molecule has 0 N–H and O–H groups in total. The van der Waals surface area contributed by atoms with E-state index < -0.39 is 0 Å². The smallest absolute Gasteiger partial charge is 0.333 e. The third-order valence-electron chi connectivity index (χ3n) is 2.59. The van der Waals surface area contributed by atoms with E-state index in [4.69, 9.17) is 9.47 Å². The lowest BCUT2D eigenvalue weighted by molar-refractivity contribution is -0.138. The molecule has 1 aliphatic rings. The zero-order valence-electron chi connectivity index (χ0n) is 10.6. The summed E-state index contributed by atoms with van der Waals surface area (Å²) in [4.78, 5) is 11.1. The molecule has 1 rings (SSSR count). The van der Waals surface area contributed by atoms with Crippen molar-refractivity contribution in [2.75, 3.05) is 19.0 Å². The highest BCUT2D eigenvalue weighted by atomic mass is 32.4. The fraction of sp³-hybridized carbons (Fsp3) is 0.750. The van der Waals surface area contributed by atoms with E-state index in [1.807, 2.05) is 11.2 Å². The Morgan fingerprint density at radius 3 is 3.06 bits per heavy atom. The highest BCUT2D eigenvalue weighted by Crippen LogP contribution is 2.15. The van der Waals surface area contributed by atoms with Crippen LogP contribution in [0.15, 0.2) is 12.2 Å². The lowest BCUT2D eigenvalue weighted by atomic mass is 10.2. The molecule has 1 saturated heterocycles. The Balaban J connectivity index is 1.90. The molecule has 0 saturated carbocycles. The first kappa shape index (κ1) is 14.8. The van der Waals surface area contributed by atoms with Crippen molar-refractivity contribution in [2.45, 2.75) is 38.3 Å². The van der Waals surface area contributed by atoms with Gasteiger partial charge in [-0.1, -0.05) is 6.58 Å². The molecule has 1 heterocycles. The normalized spacial score (nSPS) is 20.6. The first-order chi connectivity index (χ1) is 8.20. The zero-order valence-corrected chi connectivity index (χ0v) is 12.8. The Kier molecular flexibility index (Phi) is 7.64. The van der Waals surface area contributed by atoms with Crippen LogP contribution in [-0.4, -0.2) is 39.3 Å². The Hall–Kier alpha value is -0.263. The molecular formula is C12H22O3SSi. The van der Waals surface area contributed by atoms with Crippen LogP contribution in [-0.2, 0) is 14.3 Å². The third-order valence-corrected chi connectivity index (χ3v) is 7.11. The summed E-state index contributed by atoms with van der Waals surface area (Å²) in [6.07, 6.45) is 4.74. The Bertz CT molecular complexity index is 252. The number of hydrogen-bond donors (Lipinski definition) is 0. The van der Waals surface area contributed by atoms with Crippen LogP contribution in [0.2, 0.25) is 0 Å². The maximum Gasteiger partial charge on any atom is 0.333 e. The fourth-order valence-electron chi connectivity index (χ4n) is 1.60. The van der Waals surface area contributed by atoms with Crippen molar-refractivity contribution in [1.29, 1.82) is 0 Å². The minimum Gasteiger partial charge on any atom is -0.462 e. The lowest BCUT2D eigenvalue weighted by Crippen LogP contribution is -2.24. The maximum atomic E-state index is 11.1. The van der Waals surface area contributed by atoms with Gasteiger partial charge in [-0.05, 0) is 38.4 Å². The number of rotatable bonds is 7. The molecule has 0 aromatic rings. The molecule has 1 unspecified atom stereocenters. The molecule has 0 amide bonds. The van der Waals surface area contributed by atoms with Crippen LogP contribution < -0.4 is 0 Å². The standard InChI is InChI=1S/C12H22O3SSi/c1-10(2)12(13)15-8-5-9-16-17-11-6-3-4-7-14-11/h11H,1,3-9,17H2,2H3. The minimum absolute atomic E-state index is 0.161. The second-order valence-electron chi connectivity index (χ2n) is 4.33. The van der Waals surface area contributed by atoms with Gasteiger partial charge in [0, 0.05) is 12.2 Å². The van der Waals surface area contributed by atoms with Crippen molar-refractivity contribution in [1.82, 2.24) is 0 Å². The first-order valence-electron chi connectivity index (χ1n) is 6.22. The van der Waals surface area contributed by atoms with Crippen molar-refractivity contribution < 1.29 is 14.3 Å². The van der Waals surface area contributed by atoms with Gasteiger partial charge in [0.2, 0.25) is 0 Å². The van der Waals surface area contributed by atoms with E-state index >= 15 is 0 Å². The predicted octanol–water partition coefficient (Wildman–Crippen LogP) is 1.84. The van der Waals surface area contributed by atoms with Crippen LogP contribution in [0.5, 0.6) is 0 Å². The lowest BCUT2D eigenvalue weighted by Gasteiger charge is -2.21. The number of carbonyl (C=O) groups excluding carboxylic acids is 1. The van der Waals surface area contributed by atoms with Gasteiger partial charge in [0.05, 0.1) is 12.3 Å². The van der Waals surface area contributed by atoms with Crippen LogP contribution in [0.25, 0.3) is 0 Å². The molecule has 0 aliphatic carbocycles. The minimum atomic E-state index is -0.275. The molecular weight excluding hydrogens is 252 g/mol. The highest BCUT2D eigenvalue weighted by molar-refractivity contribution is 8.22. The van der Waals surface area contributed by atoms with Crippen molar-refractivity contribution >= 4 is 25.8 Å². The quantitative estimate of drug-likeness (QED) is 0.307. The second-order valence-corrected chi connectivity index (χ2v) is 8.62. The van der Waals surface area contributed by atoms with Gasteiger partial charge >= 0.3 is 5.97 Å². The SMILES string of the molecule is C=C(C)C(=O)OCCCS[SiH2]C1CCCCO1. The van der Waals surface area contributed by atoms with Gasteiger partial charge in [-0.2, -0.15) is 11.2 Å². The van der Waals surface area contributed by atoms with Gasteiger partial charge < -0.3 is 9.47 Å².